The van der Waals surface area contributed by atoms with Crippen LogP contribution in [0.25, 0.3) is 0 Å². The van der Waals surface area contributed by atoms with E-state index in [0.29, 0.717) is 13.1 Å². The van der Waals surface area contributed by atoms with Crippen LogP contribution in [0.4, 0.5) is 4.79 Å². The van der Waals surface area contributed by atoms with Crippen LogP contribution in [0.5, 0.6) is 0 Å². The van der Waals surface area contributed by atoms with Gasteiger partial charge in [0.15, 0.2) is 5.17 Å². The molecule has 92 valence electrons. The number of hydrogen-bond acceptors (Lipinski definition) is 3. The third-order valence-corrected chi connectivity index (χ3v) is 3.05. The molecular weight excluding hydrogens is 234 g/mol. The van der Waals surface area contributed by atoms with Gasteiger partial charge in [-0.3, -0.25) is 10.7 Å². The normalized spacial score (nSPS) is 9.76. The van der Waals surface area contributed by atoms with Gasteiger partial charge in [0.05, 0.1) is 0 Å². The molecule has 0 aliphatic rings. The number of amides is 2. The van der Waals surface area contributed by atoms with Crippen LogP contribution in [0.1, 0.15) is 13.8 Å². The number of carbonyl (C=O) groups is 1. The molecule has 0 radical (unpaired) electrons. The van der Waals surface area contributed by atoms with Crippen molar-refractivity contribution in [3.8, 4) is 0 Å². The zero-order valence-corrected chi connectivity index (χ0v) is 10.9. The minimum atomic E-state index is -0.219. The molecule has 0 saturated heterocycles. The summed E-state index contributed by atoms with van der Waals surface area (Å²) < 4.78 is 0. The van der Waals surface area contributed by atoms with Crippen molar-refractivity contribution in [2.24, 2.45) is 0 Å². The molecule has 17 heavy (non-hydrogen) atoms. The SMILES string of the molecule is CCN(CC)C(=O)NC(=N)Sc1ccccc1. The van der Waals surface area contributed by atoms with Crippen molar-refractivity contribution in [3.63, 3.8) is 0 Å². The van der Waals surface area contributed by atoms with Gasteiger partial charge in [-0.05, 0) is 26.0 Å². The number of amidine groups is 1. The Morgan fingerprint density at radius 1 is 1.29 bits per heavy atom. The first-order valence-electron chi connectivity index (χ1n) is 5.54. The van der Waals surface area contributed by atoms with Gasteiger partial charge in [-0.15, -0.1) is 0 Å². The van der Waals surface area contributed by atoms with Crippen molar-refractivity contribution in [2.45, 2.75) is 18.7 Å². The van der Waals surface area contributed by atoms with Crippen molar-refractivity contribution in [1.29, 1.82) is 5.41 Å². The van der Waals surface area contributed by atoms with Gasteiger partial charge in [-0.25, -0.2) is 4.79 Å². The summed E-state index contributed by atoms with van der Waals surface area (Å²) >= 11 is 1.24. The molecule has 1 aromatic rings. The average Bonchev–Trinajstić information content (AvgIpc) is 2.31. The molecule has 4 nitrogen and oxygen atoms in total. The van der Waals surface area contributed by atoms with Crippen LogP contribution in [0, 0.1) is 5.41 Å². The smallest absolute Gasteiger partial charge is 0.323 e. The summed E-state index contributed by atoms with van der Waals surface area (Å²) in [4.78, 5) is 14.2. The standard InChI is InChI=1S/C12H17N3OS/c1-3-15(4-2)12(16)14-11(13)17-10-8-6-5-7-9-10/h5-9H,3-4H2,1-2H3,(H2,13,14,16). The predicted octanol–water partition coefficient (Wildman–Crippen LogP) is 2.76. The molecule has 0 atom stereocenters. The number of thioether (sulfide) groups is 1. The van der Waals surface area contributed by atoms with E-state index in [1.165, 1.54) is 11.8 Å². The molecular formula is C12H17N3OS. The Bertz CT molecular complexity index is 377. The van der Waals surface area contributed by atoms with Crippen LogP contribution < -0.4 is 5.32 Å². The van der Waals surface area contributed by atoms with Crippen LogP contribution in [-0.2, 0) is 0 Å². The molecule has 0 aliphatic heterocycles. The first-order chi connectivity index (χ1) is 8.17. The molecule has 1 aromatic carbocycles. The molecule has 0 aliphatic carbocycles. The first-order valence-corrected chi connectivity index (χ1v) is 6.36. The van der Waals surface area contributed by atoms with Gasteiger partial charge in [0.25, 0.3) is 0 Å². The fraction of sp³-hybridized carbons (Fsp3) is 0.333. The predicted molar refractivity (Wildman–Crippen MR) is 71.5 cm³/mol. The Kier molecular flexibility index (Phi) is 5.56. The van der Waals surface area contributed by atoms with Crippen LogP contribution in [-0.4, -0.2) is 29.2 Å². The molecule has 0 fully saturated rings. The Balaban J connectivity index is 2.47. The molecule has 2 N–H and O–H groups in total. The third-order valence-electron chi connectivity index (χ3n) is 2.23. The molecule has 5 heteroatoms. The second-order valence-corrected chi connectivity index (χ2v) is 4.43. The minimum Gasteiger partial charge on any atom is -0.325 e. The number of nitrogens with zero attached hydrogens (tertiary/aromatic N) is 1. The van der Waals surface area contributed by atoms with Gasteiger partial charge in [0.2, 0.25) is 0 Å². The summed E-state index contributed by atoms with van der Waals surface area (Å²) in [5, 5.41) is 10.4. The maximum absolute atomic E-state index is 11.7. The minimum absolute atomic E-state index is 0.146. The van der Waals surface area contributed by atoms with E-state index in [1.807, 2.05) is 44.2 Å². The van der Waals surface area contributed by atoms with E-state index in [2.05, 4.69) is 5.32 Å². The number of urea groups is 1. The van der Waals surface area contributed by atoms with Crippen molar-refractivity contribution in [3.05, 3.63) is 30.3 Å². The molecule has 2 amide bonds. The zero-order chi connectivity index (χ0) is 12.7. The third kappa shape index (κ3) is 4.48. The van der Waals surface area contributed by atoms with E-state index in [1.54, 1.807) is 4.90 Å². The van der Waals surface area contributed by atoms with Crippen molar-refractivity contribution < 1.29 is 4.79 Å². The van der Waals surface area contributed by atoms with Crippen LogP contribution in [0.2, 0.25) is 0 Å². The number of hydrogen-bond donors (Lipinski definition) is 2. The molecule has 0 bridgehead atoms. The Hall–Kier alpha value is -1.49. The lowest BCUT2D eigenvalue weighted by Gasteiger charge is -2.19. The number of benzene rings is 1. The molecule has 0 aromatic heterocycles. The van der Waals surface area contributed by atoms with Crippen LogP contribution >= 0.6 is 11.8 Å². The molecule has 0 saturated carbocycles. The fourth-order valence-corrected chi connectivity index (χ4v) is 1.99. The summed E-state index contributed by atoms with van der Waals surface area (Å²) in [5.41, 5.74) is 0. The van der Waals surface area contributed by atoms with Gasteiger partial charge in [0.1, 0.15) is 0 Å². The highest BCUT2D eigenvalue weighted by molar-refractivity contribution is 8.13. The Labute approximate surface area is 106 Å². The fourth-order valence-electron chi connectivity index (χ4n) is 1.32. The molecule has 1 rings (SSSR count). The lowest BCUT2D eigenvalue weighted by Crippen LogP contribution is -2.41. The van der Waals surface area contributed by atoms with Crippen molar-refractivity contribution in [2.75, 3.05) is 13.1 Å². The number of nitrogens with one attached hydrogen (secondary N) is 2. The highest BCUT2D eigenvalue weighted by Gasteiger charge is 2.11. The second kappa shape index (κ2) is 6.96. The monoisotopic (exact) mass is 251 g/mol. The lowest BCUT2D eigenvalue weighted by molar-refractivity contribution is 0.208. The summed E-state index contributed by atoms with van der Waals surface area (Å²) in [6.07, 6.45) is 0. The van der Waals surface area contributed by atoms with E-state index in [-0.39, 0.29) is 11.2 Å². The van der Waals surface area contributed by atoms with E-state index in [4.69, 9.17) is 5.41 Å². The highest BCUT2D eigenvalue weighted by Crippen LogP contribution is 2.16. The summed E-state index contributed by atoms with van der Waals surface area (Å²) in [6, 6.07) is 9.32. The van der Waals surface area contributed by atoms with Gasteiger partial charge in [0, 0.05) is 18.0 Å². The largest absolute Gasteiger partial charge is 0.325 e. The quantitative estimate of drug-likeness (QED) is 0.493. The van der Waals surface area contributed by atoms with Crippen molar-refractivity contribution >= 4 is 23.0 Å². The highest BCUT2D eigenvalue weighted by atomic mass is 32.2. The Morgan fingerprint density at radius 3 is 2.41 bits per heavy atom. The van der Waals surface area contributed by atoms with Gasteiger partial charge in [-0.1, -0.05) is 30.0 Å². The van der Waals surface area contributed by atoms with Crippen LogP contribution in [0.3, 0.4) is 0 Å². The average molecular weight is 251 g/mol. The Morgan fingerprint density at radius 2 is 1.88 bits per heavy atom. The number of carbonyl (C=O) groups excluding carboxylic acids is 1. The zero-order valence-electron chi connectivity index (χ0n) is 10.1. The number of rotatable bonds is 3. The van der Waals surface area contributed by atoms with Gasteiger partial charge in [-0.2, -0.15) is 0 Å². The van der Waals surface area contributed by atoms with E-state index < -0.39 is 0 Å². The van der Waals surface area contributed by atoms with E-state index in [0.717, 1.165) is 4.90 Å². The topological polar surface area (TPSA) is 56.2 Å². The maximum atomic E-state index is 11.7. The second-order valence-electron chi connectivity index (χ2n) is 3.35. The van der Waals surface area contributed by atoms with Crippen molar-refractivity contribution in [1.82, 2.24) is 10.2 Å². The summed E-state index contributed by atoms with van der Waals surface area (Å²) in [6.45, 7) is 5.12. The molecule has 0 heterocycles. The summed E-state index contributed by atoms with van der Waals surface area (Å²) in [5.74, 6) is 0. The maximum Gasteiger partial charge on any atom is 0.323 e. The lowest BCUT2D eigenvalue weighted by atomic mass is 10.4. The first kappa shape index (κ1) is 13.6. The van der Waals surface area contributed by atoms with E-state index in [9.17, 15) is 4.79 Å². The molecule has 0 unspecified atom stereocenters. The van der Waals surface area contributed by atoms with Crippen LogP contribution in [0.15, 0.2) is 35.2 Å². The van der Waals surface area contributed by atoms with Gasteiger partial charge >= 0.3 is 6.03 Å². The molecule has 0 spiro atoms. The summed E-state index contributed by atoms with van der Waals surface area (Å²) in [7, 11) is 0. The van der Waals surface area contributed by atoms with E-state index >= 15 is 0 Å². The van der Waals surface area contributed by atoms with Gasteiger partial charge < -0.3 is 4.90 Å².